The molecule has 0 saturated heterocycles. The van der Waals surface area contributed by atoms with E-state index < -0.39 is 0 Å². The maximum atomic E-state index is 13.9. The van der Waals surface area contributed by atoms with Crippen LogP contribution in [-0.4, -0.2) is 22.0 Å². The van der Waals surface area contributed by atoms with Crippen molar-refractivity contribution in [2.45, 2.75) is 23.5 Å². The molecule has 4 heteroatoms. The van der Waals surface area contributed by atoms with Gasteiger partial charge in [0.15, 0.2) is 0 Å². The molecule has 0 fully saturated rings. The lowest BCUT2D eigenvalue weighted by Gasteiger charge is -2.19. The first-order chi connectivity index (χ1) is 11.5. The van der Waals surface area contributed by atoms with Crippen LogP contribution in [0.25, 0.3) is 10.9 Å². The molecule has 2 heterocycles. The average molecular weight is 336 g/mol. The van der Waals surface area contributed by atoms with Gasteiger partial charge in [0.2, 0.25) is 0 Å². The van der Waals surface area contributed by atoms with Gasteiger partial charge in [0.1, 0.15) is 11.3 Å². The van der Waals surface area contributed by atoms with Gasteiger partial charge in [-0.15, -0.1) is 11.8 Å². The highest BCUT2D eigenvalue weighted by molar-refractivity contribution is 8.00. The molecule has 24 heavy (non-hydrogen) atoms. The van der Waals surface area contributed by atoms with Gasteiger partial charge in [-0.05, 0) is 32.0 Å². The molecule has 0 saturated carbocycles. The van der Waals surface area contributed by atoms with Gasteiger partial charge in [0.25, 0.3) is 0 Å². The number of benzene rings is 2. The van der Waals surface area contributed by atoms with Crippen LogP contribution in [0.2, 0.25) is 0 Å². The minimum Gasteiger partial charge on any atom is -0.283 e. The van der Waals surface area contributed by atoms with E-state index in [4.69, 9.17) is 4.99 Å². The molecule has 0 unspecified atom stereocenters. The quantitative estimate of drug-likeness (QED) is 0.618. The largest absolute Gasteiger partial charge is 0.283 e. The first-order valence-corrected chi connectivity index (χ1v) is 8.73. The third-order valence-electron chi connectivity index (χ3n) is 4.08. The van der Waals surface area contributed by atoms with E-state index in [-0.39, 0.29) is 10.6 Å². The van der Waals surface area contributed by atoms with E-state index in [2.05, 4.69) is 37.0 Å². The number of thioether (sulfide) groups is 1. The second-order valence-electron chi connectivity index (χ2n) is 6.56. The maximum Gasteiger partial charge on any atom is 0.149 e. The Labute approximate surface area is 144 Å². The zero-order valence-electron chi connectivity index (χ0n) is 13.6. The standard InChI is InChI=1S/C20H17FN2S/c1-20(2)12-23-18(15-7-3-4-9-17(15)24-20)14-10-13-6-5-8-16(21)19(13)22-11-14/h3-11H,12H2,1-2H3. The van der Waals surface area contributed by atoms with Crippen molar-refractivity contribution in [3.8, 4) is 0 Å². The van der Waals surface area contributed by atoms with E-state index in [0.29, 0.717) is 5.52 Å². The van der Waals surface area contributed by atoms with Crippen molar-refractivity contribution in [1.82, 2.24) is 4.98 Å². The smallest absolute Gasteiger partial charge is 0.149 e. The Morgan fingerprint density at radius 3 is 2.79 bits per heavy atom. The van der Waals surface area contributed by atoms with Crippen molar-refractivity contribution >= 4 is 28.4 Å². The van der Waals surface area contributed by atoms with Crippen LogP contribution in [0.4, 0.5) is 4.39 Å². The van der Waals surface area contributed by atoms with Gasteiger partial charge in [-0.2, -0.15) is 0 Å². The van der Waals surface area contributed by atoms with Crippen LogP contribution in [0, 0.1) is 5.82 Å². The minimum absolute atomic E-state index is 0.0360. The molecule has 0 spiro atoms. The van der Waals surface area contributed by atoms with Gasteiger partial charge >= 0.3 is 0 Å². The van der Waals surface area contributed by atoms with Crippen LogP contribution in [-0.2, 0) is 0 Å². The second-order valence-corrected chi connectivity index (χ2v) is 8.31. The lowest BCUT2D eigenvalue weighted by Crippen LogP contribution is -2.18. The highest BCUT2D eigenvalue weighted by Gasteiger charge is 2.26. The first kappa shape index (κ1) is 15.3. The topological polar surface area (TPSA) is 25.2 Å². The fourth-order valence-corrected chi connectivity index (χ4v) is 4.08. The van der Waals surface area contributed by atoms with Crippen molar-refractivity contribution in [1.29, 1.82) is 0 Å². The highest BCUT2D eigenvalue weighted by atomic mass is 32.2. The third-order valence-corrected chi connectivity index (χ3v) is 5.34. The molecular formula is C20H17FN2S. The monoisotopic (exact) mass is 336 g/mol. The summed E-state index contributed by atoms with van der Waals surface area (Å²) in [5.74, 6) is -0.293. The maximum absolute atomic E-state index is 13.9. The molecule has 0 atom stereocenters. The van der Waals surface area contributed by atoms with Crippen molar-refractivity contribution in [2.75, 3.05) is 6.54 Å². The predicted octanol–water partition coefficient (Wildman–Crippen LogP) is 5.10. The Hall–Kier alpha value is -2.20. The molecule has 0 aliphatic carbocycles. The molecular weight excluding hydrogens is 319 g/mol. The fraction of sp³-hybridized carbons (Fsp3) is 0.200. The van der Waals surface area contributed by atoms with Crippen molar-refractivity contribution in [3.05, 3.63) is 71.7 Å². The molecule has 3 aromatic rings. The van der Waals surface area contributed by atoms with Gasteiger partial charge in [0.05, 0.1) is 12.3 Å². The molecule has 1 aromatic heterocycles. The Morgan fingerprint density at radius 2 is 1.92 bits per heavy atom. The molecule has 4 rings (SSSR count). The van der Waals surface area contributed by atoms with Crippen LogP contribution >= 0.6 is 11.8 Å². The van der Waals surface area contributed by atoms with E-state index in [9.17, 15) is 4.39 Å². The number of aromatic nitrogens is 1. The number of para-hydroxylation sites is 1. The van der Waals surface area contributed by atoms with Crippen LogP contribution in [0.3, 0.4) is 0 Å². The van der Waals surface area contributed by atoms with E-state index in [0.717, 1.165) is 28.8 Å². The molecule has 1 aliphatic rings. The number of hydrogen-bond acceptors (Lipinski definition) is 3. The second kappa shape index (κ2) is 5.71. The normalized spacial score (nSPS) is 16.4. The number of nitrogens with zero attached hydrogens (tertiary/aromatic N) is 2. The number of hydrogen-bond donors (Lipinski definition) is 0. The molecule has 0 radical (unpaired) electrons. The zero-order chi connectivity index (χ0) is 16.7. The summed E-state index contributed by atoms with van der Waals surface area (Å²) in [6.07, 6.45) is 1.73. The zero-order valence-corrected chi connectivity index (χ0v) is 14.4. The minimum atomic E-state index is -0.293. The number of halogens is 1. The van der Waals surface area contributed by atoms with Crippen LogP contribution in [0.1, 0.15) is 25.0 Å². The number of fused-ring (bicyclic) bond motifs is 2. The van der Waals surface area contributed by atoms with E-state index in [1.54, 1.807) is 12.3 Å². The summed E-state index contributed by atoms with van der Waals surface area (Å²) < 4.78 is 13.9. The van der Waals surface area contributed by atoms with Crippen molar-refractivity contribution in [3.63, 3.8) is 0 Å². The van der Waals surface area contributed by atoms with Crippen LogP contribution < -0.4 is 0 Å². The summed E-state index contributed by atoms with van der Waals surface area (Å²) >= 11 is 1.84. The number of pyridine rings is 1. The summed E-state index contributed by atoms with van der Waals surface area (Å²) in [6, 6.07) is 15.3. The summed E-state index contributed by atoms with van der Waals surface area (Å²) in [5, 5.41) is 0.795. The number of rotatable bonds is 1. The van der Waals surface area contributed by atoms with Crippen molar-refractivity contribution in [2.24, 2.45) is 4.99 Å². The summed E-state index contributed by atoms with van der Waals surface area (Å²) in [7, 11) is 0. The average Bonchev–Trinajstić information content (AvgIpc) is 2.69. The first-order valence-electron chi connectivity index (χ1n) is 7.91. The van der Waals surface area contributed by atoms with Gasteiger partial charge in [-0.3, -0.25) is 9.98 Å². The van der Waals surface area contributed by atoms with Crippen LogP contribution in [0.15, 0.2) is 64.6 Å². The third kappa shape index (κ3) is 2.71. The highest BCUT2D eigenvalue weighted by Crippen LogP contribution is 2.38. The van der Waals surface area contributed by atoms with Gasteiger partial charge in [-0.25, -0.2) is 4.39 Å². The molecule has 120 valence electrons. The Kier molecular flexibility index (Phi) is 3.65. The number of aliphatic imine (C=N–C) groups is 1. The van der Waals surface area contributed by atoms with Gasteiger partial charge in [0, 0.05) is 32.4 Å². The van der Waals surface area contributed by atoms with E-state index in [1.807, 2.05) is 30.0 Å². The SMILES string of the molecule is CC1(C)CN=C(c2cnc3c(F)cccc3c2)c2ccccc2S1. The summed E-state index contributed by atoms with van der Waals surface area (Å²) in [4.78, 5) is 10.4. The van der Waals surface area contributed by atoms with E-state index in [1.165, 1.54) is 11.0 Å². The lowest BCUT2D eigenvalue weighted by atomic mass is 10.0. The summed E-state index contributed by atoms with van der Waals surface area (Å²) in [5.41, 5.74) is 3.38. The van der Waals surface area contributed by atoms with Crippen molar-refractivity contribution < 1.29 is 4.39 Å². The Balaban J connectivity index is 1.91. The summed E-state index contributed by atoms with van der Waals surface area (Å²) in [6.45, 7) is 5.13. The fourth-order valence-electron chi connectivity index (χ4n) is 2.94. The molecule has 2 aromatic carbocycles. The lowest BCUT2D eigenvalue weighted by molar-refractivity contribution is 0.637. The Morgan fingerprint density at radius 1 is 1.08 bits per heavy atom. The predicted molar refractivity (Wildman–Crippen MR) is 98.6 cm³/mol. The van der Waals surface area contributed by atoms with Gasteiger partial charge in [-0.1, -0.05) is 30.3 Å². The molecule has 0 bridgehead atoms. The molecule has 1 aliphatic heterocycles. The van der Waals surface area contributed by atoms with Crippen LogP contribution in [0.5, 0.6) is 0 Å². The Bertz CT molecular complexity index is 963. The van der Waals surface area contributed by atoms with Gasteiger partial charge < -0.3 is 0 Å². The molecule has 0 amide bonds. The van der Waals surface area contributed by atoms with E-state index >= 15 is 0 Å². The molecule has 2 nitrogen and oxygen atoms in total. The molecule has 0 N–H and O–H groups in total.